The average molecular weight is 455 g/mol. The highest BCUT2D eigenvalue weighted by molar-refractivity contribution is 5.89. The van der Waals surface area contributed by atoms with Crippen molar-refractivity contribution >= 4 is 34.8 Å². The van der Waals surface area contributed by atoms with E-state index in [1.54, 1.807) is 55.5 Å². The number of fused-ring (bicyclic) bond motifs is 1. The van der Waals surface area contributed by atoms with Crippen LogP contribution in [0.2, 0.25) is 0 Å². The lowest BCUT2D eigenvalue weighted by Gasteiger charge is -2.10. The minimum Gasteiger partial charge on any atom is -0.471 e. The van der Waals surface area contributed by atoms with Crippen LogP contribution in [0, 0.1) is 10.1 Å². The topological polar surface area (TPSA) is 104 Å². The zero-order valence-corrected chi connectivity index (χ0v) is 18.4. The molecule has 0 saturated carbocycles. The summed E-state index contributed by atoms with van der Waals surface area (Å²) in [6, 6.07) is 20.7. The average Bonchev–Trinajstić information content (AvgIpc) is 2.86. The quantitative estimate of drug-likeness (QED) is 0.197. The van der Waals surface area contributed by atoms with Crippen LogP contribution in [-0.4, -0.2) is 27.5 Å². The van der Waals surface area contributed by atoms with Crippen molar-refractivity contribution in [2.75, 3.05) is 6.61 Å². The highest BCUT2D eigenvalue weighted by Gasteiger charge is 2.10. The van der Waals surface area contributed by atoms with Gasteiger partial charge >= 0.3 is 5.97 Å². The number of para-hydroxylation sites is 2. The third-order valence-corrected chi connectivity index (χ3v) is 4.92. The van der Waals surface area contributed by atoms with Gasteiger partial charge < -0.3 is 9.47 Å². The van der Waals surface area contributed by atoms with Crippen molar-refractivity contribution in [3.05, 3.63) is 105 Å². The molecule has 4 rings (SSSR count). The molecule has 1 aromatic heterocycles. The van der Waals surface area contributed by atoms with Gasteiger partial charge in [-0.3, -0.25) is 10.1 Å². The van der Waals surface area contributed by atoms with E-state index in [0.29, 0.717) is 40.3 Å². The molecule has 0 fully saturated rings. The molecular weight excluding hydrogens is 434 g/mol. The summed E-state index contributed by atoms with van der Waals surface area (Å²) in [6.07, 6.45) is 3.45. The molecule has 170 valence electrons. The van der Waals surface area contributed by atoms with E-state index < -0.39 is 4.92 Å². The lowest BCUT2D eigenvalue weighted by molar-refractivity contribution is -0.384. The molecule has 4 aromatic rings. The van der Waals surface area contributed by atoms with Gasteiger partial charge in [0, 0.05) is 12.1 Å². The van der Waals surface area contributed by atoms with Crippen molar-refractivity contribution in [1.29, 1.82) is 0 Å². The highest BCUT2D eigenvalue weighted by Crippen LogP contribution is 2.23. The molecule has 0 saturated heterocycles. The van der Waals surface area contributed by atoms with Crippen molar-refractivity contribution in [1.82, 2.24) is 9.97 Å². The fourth-order valence-corrected chi connectivity index (χ4v) is 3.23. The second kappa shape index (κ2) is 10.4. The Balaban J connectivity index is 1.59. The van der Waals surface area contributed by atoms with Crippen LogP contribution < -0.4 is 4.74 Å². The standard InChI is InChI=1S/C26H21N3O5/c1-2-33-26(30)20-13-10-19(11-14-20)17-34-25-24(27-22-8-3-4-9-23(22)28-25)15-12-18-6-5-7-21(16-18)29(31)32/h3-16H,2,17H2,1H3/b15-12+. The number of ether oxygens (including phenoxy) is 2. The molecule has 0 aliphatic rings. The van der Waals surface area contributed by atoms with Gasteiger partial charge in [0.1, 0.15) is 12.3 Å². The van der Waals surface area contributed by atoms with Crippen molar-refractivity contribution in [2.24, 2.45) is 0 Å². The maximum absolute atomic E-state index is 11.8. The molecule has 34 heavy (non-hydrogen) atoms. The Kier molecular flexibility index (Phi) is 6.88. The van der Waals surface area contributed by atoms with Gasteiger partial charge in [0.05, 0.1) is 28.1 Å². The summed E-state index contributed by atoms with van der Waals surface area (Å²) in [5, 5.41) is 11.1. The molecule has 1 heterocycles. The molecule has 0 radical (unpaired) electrons. The van der Waals surface area contributed by atoms with Gasteiger partial charge in [0.15, 0.2) is 0 Å². The Morgan fingerprint density at radius 1 is 0.971 bits per heavy atom. The minimum absolute atomic E-state index is 0.00878. The fourth-order valence-electron chi connectivity index (χ4n) is 3.23. The summed E-state index contributed by atoms with van der Waals surface area (Å²) in [4.78, 5) is 31.7. The number of nitro groups is 1. The number of hydrogen-bond donors (Lipinski definition) is 0. The summed E-state index contributed by atoms with van der Waals surface area (Å²) in [5.74, 6) is -0.0428. The monoisotopic (exact) mass is 455 g/mol. The lowest BCUT2D eigenvalue weighted by atomic mass is 10.1. The second-order valence-corrected chi connectivity index (χ2v) is 7.29. The summed E-state index contributed by atoms with van der Waals surface area (Å²) >= 11 is 0. The van der Waals surface area contributed by atoms with E-state index in [-0.39, 0.29) is 18.3 Å². The largest absolute Gasteiger partial charge is 0.471 e. The van der Waals surface area contributed by atoms with Crippen molar-refractivity contribution in [3.63, 3.8) is 0 Å². The van der Waals surface area contributed by atoms with Crippen LogP contribution >= 0.6 is 0 Å². The van der Waals surface area contributed by atoms with Crippen molar-refractivity contribution in [2.45, 2.75) is 13.5 Å². The Hall–Kier alpha value is -4.59. The van der Waals surface area contributed by atoms with Gasteiger partial charge in [-0.15, -0.1) is 0 Å². The first kappa shape index (κ1) is 22.6. The van der Waals surface area contributed by atoms with E-state index in [4.69, 9.17) is 9.47 Å². The van der Waals surface area contributed by atoms with E-state index in [1.165, 1.54) is 12.1 Å². The molecular formula is C26H21N3O5. The molecule has 0 N–H and O–H groups in total. The number of aromatic nitrogens is 2. The van der Waals surface area contributed by atoms with Crippen molar-refractivity contribution in [3.8, 4) is 5.88 Å². The molecule has 0 spiro atoms. The van der Waals surface area contributed by atoms with Crippen LogP contribution in [0.1, 0.15) is 34.1 Å². The Labute approximate surface area is 195 Å². The first-order chi connectivity index (χ1) is 16.5. The molecule has 3 aromatic carbocycles. The minimum atomic E-state index is -0.436. The van der Waals surface area contributed by atoms with Gasteiger partial charge in [-0.1, -0.05) is 42.5 Å². The zero-order chi connectivity index (χ0) is 23.9. The van der Waals surface area contributed by atoms with E-state index in [1.807, 2.05) is 24.3 Å². The van der Waals surface area contributed by atoms with Crippen molar-refractivity contribution < 1.29 is 19.2 Å². The summed E-state index contributed by atoms with van der Waals surface area (Å²) in [7, 11) is 0. The van der Waals surface area contributed by atoms with E-state index in [2.05, 4.69) is 9.97 Å². The number of nitrogens with zero attached hydrogens (tertiary/aromatic N) is 3. The number of nitro benzene ring substituents is 1. The Morgan fingerprint density at radius 2 is 1.71 bits per heavy atom. The first-order valence-electron chi connectivity index (χ1n) is 10.6. The number of rotatable bonds is 8. The van der Waals surface area contributed by atoms with Crippen LogP contribution in [0.15, 0.2) is 72.8 Å². The number of esters is 1. The summed E-state index contributed by atoms with van der Waals surface area (Å²) in [6.45, 7) is 2.29. The van der Waals surface area contributed by atoms with Crippen LogP contribution in [0.25, 0.3) is 23.2 Å². The predicted molar refractivity (Wildman–Crippen MR) is 128 cm³/mol. The number of carbonyl (C=O) groups is 1. The Morgan fingerprint density at radius 3 is 2.41 bits per heavy atom. The van der Waals surface area contributed by atoms with Gasteiger partial charge in [-0.05, 0) is 48.4 Å². The predicted octanol–water partition coefficient (Wildman–Crippen LogP) is 5.46. The molecule has 0 atom stereocenters. The molecule has 0 aliphatic heterocycles. The molecule has 8 heteroatoms. The van der Waals surface area contributed by atoms with Gasteiger partial charge in [-0.2, -0.15) is 0 Å². The van der Waals surface area contributed by atoms with Crippen LogP contribution in [0.5, 0.6) is 5.88 Å². The smallest absolute Gasteiger partial charge is 0.338 e. The first-order valence-corrected chi connectivity index (χ1v) is 10.6. The van der Waals surface area contributed by atoms with E-state index in [0.717, 1.165) is 5.56 Å². The SMILES string of the molecule is CCOC(=O)c1ccc(COc2nc3ccccc3nc2/C=C/c2cccc([N+](=O)[O-])c2)cc1. The van der Waals surface area contributed by atoms with E-state index in [9.17, 15) is 14.9 Å². The van der Waals surface area contributed by atoms with Crippen LogP contribution in [-0.2, 0) is 11.3 Å². The van der Waals surface area contributed by atoms with Gasteiger partial charge in [0.2, 0.25) is 5.88 Å². The van der Waals surface area contributed by atoms with E-state index >= 15 is 0 Å². The number of hydrogen-bond acceptors (Lipinski definition) is 7. The molecule has 0 aliphatic carbocycles. The molecule has 0 unspecified atom stereocenters. The molecule has 8 nitrogen and oxygen atoms in total. The summed E-state index contributed by atoms with van der Waals surface area (Å²) < 4.78 is 11.0. The van der Waals surface area contributed by atoms with Crippen LogP contribution in [0.3, 0.4) is 0 Å². The second-order valence-electron chi connectivity index (χ2n) is 7.29. The Bertz CT molecular complexity index is 1370. The van der Waals surface area contributed by atoms with Gasteiger partial charge in [0.25, 0.3) is 5.69 Å². The maximum atomic E-state index is 11.8. The molecule has 0 amide bonds. The zero-order valence-electron chi connectivity index (χ0n) is 18.4. The lowest BCUT2D eigenvalue weighted by Crippen LogP contribution is -2.05. The molecule has 0 bridgehead atoms. The maximum Gasteiger partial charge on any atom is 0.338 e. The number of non-ortho nitro benzene ring substituents is 1. The van der Waals surface area contributed by atoms with Crippen LogP contribution in [0.4, 0.5) is 5.69 Å². The fraction of sp³-hybridized carbons (Fsp3) is 0.115. The number of carbonyl (C=O) groups excluding carboxylic acids is 1. The third kappa shape index (κ3) is 5.42. The van der Waals surface area contributed by atoms with Gasteiger partial charge in [-0.25, -0.2) is 14.8 Å². The number of benzene rings is 3. The normalized spacial score (nSPS) is 11.0. The summed E-state index contributed by atoms with van der Waals surface area (Å²) in [5.41, 5.74) is 3.86. The third-order valence-electron chi connectivity index (χ3n) is 4.92. The highest BCUT2D eigenvalue weighted by atomic mass is 16.6.